The van der Waals surface area contributed by atoms with Gasteiger partial charge in [-0.15, -0.1) is 0 Å². The highest BCUT2D eigenvalue weighted by Crippen LogP contribution is 2.42. The van der Waals surface area contributed by atoms with E-state index in [9.17, 15) is 72.7 Å². The monoisotopic (exact) mass is 2060 g/mol. The van der Waals surface area contributed by atoms with Crippen molar-refractivity contribution in [1.82, 2.24) is 29.8 Å². The Hall–Kier alpha value is -14.3. The normalized spacial score (nSPS) is 10.7. The summed E-state index contributed by atoms with van der Waals surface area (Å²) in [4.78, 5) is 129. The zero-order chi connectivity index (χ0) is 112. The summed E-state index contributed by atoms with van der Waals surface area (Å²) in [6.45, 7) is 39.5. The summed E-state index contributed by atoms with van der Waals surface area (Å²) >= 11 is 4.71. The van der Waals surface area contributed by atoms with Crippen molar-refractivity contribution in [3.05, 3.63) is 153 Å². The quantitative estimate of drug-likeness (QED) is 0.00432. The summed E-state index contributed by atoms with van der Waals surface area (Å²) in [5, 5.41) is 50.7. The molecule has 0 fully saturated rings. The summed E-state index contributed by atoms with van der Waals surface area (Å²) in [7, 11) is 38.2. The average molecular weight is 2060 g/mol. The van der Waals surface area contributed by atoms with Gasteiger partial charge in [-0.1, -0.05) is 19.7 Å². The molecule has 6 rings (SSSR count). The van der Waals surface area contributed by atoms with Crippen LogP contribution in [0.2, 0.25) is 0 Å². The highest BCUT2D eigenvalue weighted by molar-refractivity contribution is 6.66. The molecule has 0 aromatic heterocycles. The van der Waals surface area contributed by atoms with Gasteiger partial charge in [0.2, 0.25) is 28.7 Å². The second-order valence-electron chi connectivity index (χ2n) is 36.4. The van der Waals surface area contributed by atoms with E-state index in [4.69, 9.17) is 71.4 Å². The average Bonchev–Trinajstić information content (AvgIpc) is 0.832. The van der Waals surface area contributed by atoms with Gasteiger partial charge < -0.3 is 125 Å². The number of anilines is 13. The second-order valence-corrected chi connectivity index (χ2v) is 36.7. The predicted molar refractivity (Wildman–Crippen MR) is 569 cm³/mol. The van der Waals surface area contributed by atoms with Gasteiger partial charge >= 0.3 is 35.7 Å². The number of hydrogen-bond donors (Lipinski definition) is 10. The number of amides is 6. The largest absolute Gasteiger partial charge is 0.495 e. The summed E-state index contributed by atoms with van der Waals surface area (Å²) in [6, 6.07) is 16.8. The number of nitrogens with one attached hydrogen (secondary N) is 7. The third-order valence-corrected chi connectivity index (χ3v) is 18.2. The Kier molecular flexibility index (Phi) is 58.8. The van der Waals surface area contributed by atoms with Crippen molar-refractivity contribution in [2.24, 2.45) is 0 Å². The van der Waals surface area contributed by atoms with E-state index in [0.717, 1.165) is 106 Å². The van der Waals surface area contributed by atoms with Gasteiger partial charge in [0.25, 0.3) is 5.69 Å². The molecule has 13 N–H and O–H groups in total. The fourth-order valence-electron chi connectivity index (χ4n) is 11.0. The molecule has 144 heavy (non-hydrogen) atoms. The molecule has 0 aliphatic heterocycles. The molecule has 0 unspecified atom stereocenters. The third-order valence-electron chi connectivity index (χ3n) is 18.0. The minimum absolute atomic E-state index is 0.0376. The number of nitro groups is 3. The number of nitro benzene ring substituents is 3. The first-order chi connectivity index (χ1) is 66.5. The Bertz CT molecular complexity index is 5180. The topological polar surface area (TPSA) is 533 Å². The highest BCUT2D eigenvalue weighted by Gasteiger charge is 2.29. The van der Waals surface area contributed by atoms with Gasteiger partial charge in [-0.2, -0.15) is 8.78 Å². The number of benzene rings is 6. The summed E-state index contributed by atoms with van der Waals surface area (Å²) in [5.41, 5.74) is 19.3. The smallest absolute Gasteiger partial charge is 0.412 e. The lowest BCUT2D eigenvalue weighted by Crippen LogP contribution is -2.29. The molecule has 6 aromatic rings. The Balaban J connectivity index is 0. The Morgan fingerprint density at radius 2 is 0.583 bits per heavy atom. The molecule has 6 amide bonds. The van der Waals surface area contributed by atoms with Crippen molar-refractivity contribution in [3.63, 3.8) is 0 Å². The zero-order valence-electron chi connectivity index (χ0n) is 89.5. The molecule has 45 nitrogen and oxygen atoms in total. The van der Waals surface area contributed by atoms with E-state index in [-0.39, 0.29) is 46.1 Å². The highest BCUT2D eigenvalue weighted by atomic mass is 35.5. The molecule has 0 atom stereocenters. The van der Waals surface area contributed by atoms with Gasteiger partial charge in [0.15, 0.2) is 0 Å². The predicted octanol–water partition coefficient (Wildman–Crippen LogP) is 15.3. The van der Waals surface area contributed by atoms with Crippen LogP contribution in [0.25, 0.3) is 0 Å². The van der Waals surface area contributed by atoms with E-state index in [1.165, 1.54) is 46.7 Å². The van der Waals surface area contributed by atoms with Gasteiger partial charge in [-0.05, 0) is 209 Å². The lowest BCUT2D eigenvalue weighted by atomic mass is 10.2. The van der Waals surface area contributed by atoms with Crippen LogP contribution in [0.5, 0.6) is 34.5 Å². The lowest BCUT2D eigenvalue weighted by Gasteiger charge is -2.26. The molecule has 0 saturated heterocycles. The zero-order valence-corrected chi connectivity index (χ0v) is 90.2. The molecule has 0 bridgehead atoms. The second kappa shape index (κ2) is 64.3. The first-order valence-electron chi connectivity index (χ1n) is 44.3. The SMILES string of the molecule is C=CC(=O)Cl.C=CC(=O)Nc1cc(N)c(OC)cc1N(C)CCN(C)C.C=CC(=O)Nc1cc(NC(=O)OC(C)(C)C)c(OC)cc1N(C)CCN(C)C.CNCCN(C)C.COc1cc(F)c([N+](=O)[O-])cc1N.COc1cc(F)c([N+](=O)[O-])cc1NC(=O)OC(C)(C)C.COc1cc(N(C)CCN(C)C)c(N)cc1NC(=O)OC(C)(C)C.COc1cc(N(C)CCN(C)C)c([N+](=O)[O-])cc1NC(=O)OC(C)(C)C. The first-order valence-corrected chi connectivity index (χ1v) is 44.7. The van der Waals surface area contributed by atoms with Crippen LogP contribution >= 0.6 is 11.6 Å². The Morgan fingerprint density at radius 3 is 0.875 bits per heavy atom. The number of halogens is 3. The van der Waals surface area contributed by atoms with Crippen LogP contribution in [0.1, 0.15) is 83.1 Å². The molecular formula is C96H153ClF2N22O23. The molecule has 0 aliphatic rings. The van der Waals surface area contributed by atoms with Gasteiger partial charge in [0.1, 0.15) is 62.6 Å². The maximum absolute atomic E-state index is 13.4. The molecule has 0 spiro atoms. The van der Waals surface area contributed by atoms with E-state index >= 15 is 0 Å². The molecule has 0 aliphatic carbocycles. The molecule has 0 radical (unpaired) electrons. The number of nitrogens with zero attached hydrogens (tertiary/aromatic N) is 12. The Labute approximate surface area is 849 Å². The van der Waals surface area contributed by atoms with Gasteiger partial charge in [0.05, 0.1) is 126 Å². The molecule has 0 heterocycles. The fraction of sp³-hybridized carbons (Fsp3) is 0.490. The fourth-order valence-corrected chi connectivity index (χ4v) is 11.0. The van der Waals surface area contributed by atoms with E-state index < -0.39 is 89.8 Å². The van der Waals surface area contributed by atoms with Crippen molar-refractivity contribution in [2.45, 2.75) is 105 Å². The van der Waals surface area contributed by atoms with Crippen molar-refractivity contribution in [1.29, 1.82) is 0 Å². The first kappa shape index (κ1) is 132. The number of nitrogens with two attached hydrogens (primary N) is 3. The molecule has 806 valence electrons. The third kappa shape index (κ3) is 53.6. The number of likely N-dealkylation sites (N-methyl/N-ethyl adjacent to an activating group) is 10. The van der Waals surface area contributed by atoms with E-state index in [0.29, 0.717) is 69.4 Å². The van der Waals surface area contributed by atoms with Gasteiger partial charge in [-0.3, -0.25) is 66.0 Å². The van der Waals surface area contributed by atoms with E-state index in [1.807, 2.05) is 111 Å². The minimum Gasteiger partial charge on any atom is -0.495 e. The molecule has 6 aromatic carbocycles. The molecule has 48 heteroatoms. The molecule has 0 saturated carbocycles. The Morgan fingerprint density at radius 1 is 0.340 bits per heavy atom. The maximum Gasteiger partial charge on any atom is 0.412 e. The van der Waals surface area contributed by atoms with Gasteiger partial charge in [-0.25, -0.2) is 19.2 Å². The van der Waals surface area contributed by atoms with Crippen LogP contribution in [0.3, 0.4) is 0 Å². The van der Waals surface area contributed by atoms with Crippen LogP contribution in [-0.4, -0.2) is 317 Å². The van der Waals surface area contributed by atoms with Gasteiger partial charge in [0, 0.05) is 148 Å². The number of methoxy groups -OCH3 is 6. The summed E-state index contributed by atoms with van der Waals surface area (Å²) in [6.07, 6.45) is 0.769. The van der Waals surface area contributed by atoms with Crippen LogP contribution in [0.4, 0.5) is 119 Å². The number of ether oxygens (including phenoxy) is 10. The van der Waals surface area contributed by atoms with Crippen LogP contribution < -0.4 is 102 Å². The van der Waals surface area contributed by atoms with Crippen molar-refractivity contribution in [3.8, 4) is 34.5 Å². The van der Waals surface area contributed by atoms with E-state index in [2.05, 4.69) is 100 Å². The standard InChI is InChI=1S/C20H32N4O4.C17H28N4O5.C17H30N4O3.C15H24N4O2.C12H15FN2O5.C7H7FN2O3.C5H14N2.C3H3ClO/c1-9-18(25)21-14-12-15(22-19(26)28-20(2,3)4)17(27-8)13-16(14)24(7)11-10-23(5)6;1-17(2,3)26-16(22)18-12-10-14(21(23)24)13(11-15(12)25-7)20(6)9-8-19(4)5;1-17(2,3)24-16(22)19-13-10-12(18)14(11-15(13)23-7)21(6)9-8-20(4)5;1-6-15(20)17-12-9-11(16)14(21-5)10-13(12)19(4)8-7-18(2)3;1-12(2,3)20-11(16)14-8-6-9(15(17)18)7(13)5-10(8)19-4;1-13-7-2-4(8)6(10(11)12)3-5(7)9;1-6-4-5-7(2)3;1-2-3(4)5/h9,12-13H,1,10-11H2,2-8H3,(H,21,25)(H,22,26);10-11H,8-9H2,1-7H3,(H,18,22);10-11H,8-9,18H2,1-7H3,(H,19,22);6,9-10H,1,7-8,16H2,2-5H3,(H,17,20);5-6H,1-4H3,(H,14,16);2-3H,9H2,1H3;6H,4-5H2,1-3H3;2H,1H2. The molecular weight excluding hydrogens is 1900 g/mol. The summed E-state index contributed by atoms with van der Waals surface area (Å²) < 4.78 is 78.0. The van der Waals surface area contributed by atoms with Crippen molar-refractivity contribution < 1.29 is 104 Å². The maximum atomic E-state index is 13.4. The van der Waals surface area contributed by atoms with Crippen LogP contribution in [0.15, 0.2) is 111 Å². The summed E-state index contributed by atoms with van der Waals surface area (Å²) in [5.74, 6) is -0.723. The number of allylic oxidation sites excluding steroid dienone is 1. The van der Waals surface area contributed by atoms with Crippen LogP contribution in [0, 0.1) is 42.0 Å². The van der Waals surface area contributed by atoms with E-state index in [1.54, 1.807) is 140 Å². The lowest BCUT2D eigenvalue weighted by molar-refractivity contribution is -0.387. The van der Waals surface area contributed by atoms with Crippen molar-refractivity contribution >= 4 is 144 Å². The number of nitrogen functional groups attached to an aromatic ring is 3. The number of hydrogen-bond acceptors (Lipinski definition) is 36. The number of carbonyl (C=O) groups excluding carboxylic acids is 7. The van der Waals surface area contributed by atoms with Crippen LogP contribution in [-0.2, 0) is 33.3 Å². The van der Waals surface area contributed by atoms with Crippen molar-refractivity contribution in [2.75, 3.05) is 283 Å². The minimum atomic E-state index is -1.05. The number of rotatable bonds is 37. The number of carbonyl (C=O) groups is 7.